The van der Waals surface area contributed by atoms with E-state index in [1.165, 1.54) is 4.90 Å². The molecular weight excluding hydrogens is 336 g/mol. The lowest BCUT2D eigenvalue weighted by molar-refractivity contribution is 0.0559. The molecule has 3 aromatic rings. The van der Waals surface area contributed by atoms with Crippen molar-refractivity contribution in [3.63, 3.8) is 0 Å². The molecule has 1 aromatic heterocycles. The maximum atomic E-state index is 12.5. The third-order valence-electron chi connectivity index (χ3n) is 4.16. The molecule has 2 aromatic carbocycles. The summed E-state index contributed by atoms with van der Waals surface area (Å²) in [5, 5.41) is 0.944. The van der Waals surface area contributed by atoms with Crippen molar-refractivity contribution in [3.05, 3.63) is 58.6 Å². The van der Waals surface area contributed by atoms with Crippen molar-refractivity contribution in [3.8, 4) is 0 Å². The van der Waals surface area contributed by atoms with Gasteiger partial charge in [0, 0.05) is 5.69 Å². The number of aromatic nitrogens is 1. The summed E-state index contributed by atoms with van der Waals surface area (Å²) in [6.07, 6.45) is 0. The Balaban J connectivity index is 1.51. The van der Waals surface area contributed by atoms with Gasteiger partial charge >= 0.3 is 0 Å². The van der Waals surface area contributed by atoms with Gasteiger partial charge in [-0.3, -0.25) is 19.4 Å². The predicted molar refractivity (Wildman–Crippen MR) is 97.3 cm³/mol. The van der Waals surface area contributed by atoms with Crippen molar-refractivity contribution in [1.82, 2.24) is 14.8 Å². The molecular formula is C18H16N4O2S. The number of amides is 2. The van der Waals surface area contributed by atoms with Gasteiger partial charge in [0.05, 0.1) is 34.6 Å². The second-order valence-corrected chi connectivity index (χ2v) is 7.15. The number of nitrogens with two attached hydrogens (primary N) is 1. The van der Waals surface area contributed by atoms with Crippen molar-refractivity contribution in [1.29, 1.82) is 0 Å². The summed E-state index contributed by atoms with van der Waals surface area (Å²) in [6, 6.07) is 12.9. The minimum Gasteiger partial charge on any atom is -0.398 e. The van der Waals surface area contributed by atoms with Crippen LogP contribution in [-0.4, -0.2) is 40.3 Å². The topological polar surface area (TPSA) is 79.5 Å². The zero-order chi connectivity index (χ0) is 17.6. The minimum absolute atomic E-state index is 0.196. The Morgan fingerprint density at radius 2 is 1.92 bits per heavy atom. The lowest BCUT2D eigenvalue weighted by Crippen LogP contribution is -2.39. The Morgan fingerprint density at radius 3 is 2.68 bits per heavy atom. The van der Waals surface area contributed by atoms with Gasteiger partial charge in [-0.25, -0.2) is 4.98 Å². The van der Waals surface area contributed by atoms with Crippen LogP contribution in [0.3, 0.4) is 0 Å². The Bertz CT molecular complexity index is 965. The second kappa shape index (κ2) is 5.94. The Kier molecular flexibility index (Phi) is 3.74. The summed E-state index contributed by atoms with van der Waals surface area (Å²) in [5.41, 5.74) is 7.84. The summed E-state index contributed by atoms with van der Waals surface area (Å²) in [4.78, 5) is 32.8. The summed E-state index contributed by atoms with van der Waals surface area (Å²) in [6.45, 7) is 0.754. The number of hydrogen-bond acceptors (Lipinski definition) is 6. The van der Waals surface area contributed by atoms with Gasteiger partial charge in [0.1, 0.15) is 5.01 Å². The van der Waals surface area contributed by atoms with E-state index in [1.807, 2.05) is 36.2 Å². The van der Waals surface area contributed by atoms with Gasteiger partial charge < -0.3 is 5.73 Å². The van der Waals surface area contributed by atoms with Crippen molar-refractivity contribution in [2.24, 2.45) is 0 Å². The number of imide groups is 1. The van der Waals surface area contributed by atoms with E-state index in [-0.39, 0.29) is 18.5 Å². The number of carbonyl (C=O) groups is 2. The number of hydrogen-bond donors (Lipinski definition) is 1. The third kappa shape index (κ3) is 2.67. The molecule has 1 aliphatic heterocycles. The van der Waals surface area contributed by atoms with Crippen molar-refractivity contribution < 1.29 is 9.59 Å². The van der Waals surface area contributed by atoms with Gasteiger partial charge in [-0.2, -0.15) is 0 Å². The molecule has 0 spiro atoms. The lowest BCUT2D eigenvalue weighted by atomic mass is 10.1. The fourth-order valence-corrected chi connectivity index (χ4v) is 4.05. The molecule has 0 bridgehead atoms. The van der Waals surface area contributed by atoms with E-state index in [9.17, 15) is 9.59 Å². The summed E-state index contributed by atoms with van der Waals surface area (Å²) < 4.78 is 1.12. The molecule has 0 saturated carbocycles. The van der Waals surface area contributed by atoms with Crippen LogP contribution < -0.4 is 5.73 Å². The summed E-state index contributed by atoms with van der Waals surface area (Å²) in [7, 11) is 1.86. The maximum absolute atomic E-state index is 12.5. The van der Waals surface area contributed by atoms with E-state index in [1.54, 1.807) is 29.5 Å². The number of nitrogens with zero attached hydrogens (tertiary/aromatic N) is 3. The fraction of sp³-hybridized carbons (Fsp3) is 0.167. The zero-order valence-electron chi connectivity index (χ0n) is 13.6. The fourth-order valence-electron chi connectivity index (χ4n) is 3.00. The van der Waals surface area contributed by atoms with Crippen LogP contribution in [0.1, 0.15) is 25.7 Å². The van der Waals surface area contributed by atoms with Gasteiger partial charge in [0.25, 0.3) is 11.8 Å². The van der Waals surface area contributed by atoms with Gasteiger partial charge in [-0.1, -0.05) is 18.2 Å². The lowest BCUT2D eigenvalue weighted by Gasteiger charge is -2.21. The van der Waals surface area contributed by atoms with E-state index in [0.29, 0.717) is 23.4 Å². The van der Waals surface area contributed by atoms with Crippen LogP contribution >= 0.6 is 11.3 Å². The van der Waals surface area contributed by atoms with Gasteiger partial charge in [-0.15, -0.1) is 11.3 Å². The highest BCUT2D eigenvalue weighted by Gasteiger charge is 2.37. The molecule has 6 nitrogen and oxygen atoms in total. The molecule has 4 rings (SSSR count). The summed E-state index contributed by atoms with van der Waals surface area (Å²) in [5.74, 6) is -0.641. The van der Waals surface area contributed by atoms with E-state index in [4.69, 9.17) is 5.73 Å². The molecule has 2 heterocycles. The second-order valence-electron chi connectivity index (χ2n) is 6.04. The van der Waals surface area contributed by atoms with Crippen LogP contribution in [0.4, 0.5) is 5.69 Å². The molecule has 0 aliphatic carbocycles. The van der Waals surface area contributed by atoms with Gasteiger partial charge in [0.15, 0.2) is 0 Å². The molecule has 0 saturated heterocycles. The van der Waals surface area contributed by atoms with Crippen molar-refractivity contribution >= 4 is 39.1 Å². The molecule has 2 amide bonds. The van der Waals surface area contributed by atoms with Crippen LogP contribution in [0.2, 0.25) is 0 Å². The normalized spacial score (nSPS) is 13.9. The molecule has 0 radical (unpaired) electrons. The van der Waals surface area contributed by atoms with E-state index >= 15 is 0 Å². The van der Waals surface area contributed by atoms with Crippen LogP contribution in [0, 0.1) is 0 Å². The molecule has 0 unspecified atom stereocenters. The maximum Gasteiger partial charge on any atom is 0.264 e. The van der Waals surface area contributed by atoms with Gasteiger partial charge in [0.2, 0.25) is 0 Å². The highest BCUT2D eigenvalue weighted by Crippen LogP contribution is 2.28. The third-order valence-corrected chi connectivity index (χ3v) is 5.18. The number of nitrogen functional groups attached to an aromatic ring is 1. The van der Waals surface area contributed by atoms with Crippen LogP contribution in [-0.2, 0) is 6.54 Å². The Hall–Kier alpha value is -2.77. The molecule has 2 N–H and O–H groups in total. The molecule has 0 atom stereocenters. The zero-order valence-corrected chi connectivity index (χ0v) is 14.4. The number of thiazole rings is 1. The monoisotopic (exact) mass is 352 g/mol. The number of fused-ring (bicyclic) bond motifs is 2. The largest absolute Gasteiger partial charge is 0.398 e. The average molecular weight is 352 g/mol. The number of carbonyl (C=O) groups excluding carboxylic acids is 2. The number of anilines is 1. The van der Waals surface area contributed by atoms with Gasteiger partial charge in [-0.05, 0) is 31.3 Å². The Morgan fingerprint density at radius 1 is 1.12 bits per heavy atom. The van der Waals surface area contributed by atoms with Crippen LogP contribution in [0.25, 0.3) is 10.2 Å². The molecule has 0 fully saturated rings. The molecule has 1 aliphatic rings. The minimum atomic E-state index is -0.339. The highest BCUT2D eigenvalue weighted by molar-refractivity contribution is 7.18. The smallest absolute Gasteiger partial charge is 0.264 e. The van der Waals surface area contributed by atoms with E-state index in [2.05, 4.69) is 4.98 Å². The van der Waals surface area contributed by atoms with Crippen LogP contribution in [0.5, 0.6) is 0 Å². The summed E-state index contributed by atoms with van der Waals surface area (Å²) >= 11 is 1.61. The molecule has 25 heavy (non-hydrogen) atoms. The quantitative estimate of drug-likeness (QED) is 0.577. The van der Waals surface area contributed by atoms with E-state index < -0.39 is 0 Å². The first-order valence-electron chi connectivity index (χ1n) is 7.82. The first-order chi connectivity index (χ1) is 12.0. The predicted octanol–water partition coefficient (Wildman–Crippen LogP) is 2.56. The number of para-hydroxylation sites is 1. The average Bonchev–Trinajstić information content (AvgIpc) is 3.09. The first kappa shape index (κ1) is 15.7. The number of benzene rings is 2. The first-order valence-corrected chi connectivity index (χ1v) is 8.64. The SMILES string of the molecule is CN(Cc1nc2ccccc2s1)CN1C(=O)c2cccc(N)c2C1=O. The standard InChI is InChI=1S/C18H16N4O2S/c1-21(9-15-20-13-7-2-3-8-14(13)25-15)10-22-17(23)11-5-4-6-12(19)16(11)18(22)24/h2-8H,9-10,19H2,1H3. The molecule has 126 valence electrons. The Labute approximate surface area is 148 Å². The van der Waals surface area contributed by atoms with E-state index in [0.717, 1.165) is 15.2 Å². The molecule has 7 heteroatoms. The number of rotatable bonds is 4. The van der Waals surface area contributed by atoms with Crippen molar-refractivity contribution in [2.45, 2.75) is 6.54 Å². The van der Waals surface area contributed by atoms with Crippen molar-refractivity contribution in [2.75, 3.05) is 19.5 Å². The van der Waals surface area contributed by atoms with Crippen LogP contribution in [0.15, 0.2) is 42.5 Å². The highest BCUT2D eigenvalue weighted by atomic mass is 32.1.